The van der Waals surface area contributed by atoms with Crippen LogP contribution in [0.1, 0.15) is 5.56 Å². The molecular formula is C9H10BrClFN. The highest BCUT2D eigenvalue weighted by Gasteiger charge is 2.39. The number of alkyl halides is 1. The molecule has 1 aromatic carbocycles. The van der Waals surface area contributed by atoms with Crippen molar-refractivity contribution in [3.8, 4) is 0 Å². The van der Waals surface area contributed by atoms with Crippen LogP contribution in [0.3, 0.4) is 0 Å². The molecule has 0 unspecified atom stereocenters. The van der Waals surface area contributed by atoms with Crippen LogP contribution in [0, 0.1) is 0 Å². The first kappa shape index (κ1) is 11.0. The average molecular weight is 267 g/mol. The molecule has 0 atom stereocenters. The van der Waals surface area contributed by atoms with E-state index in [9.17, 15) is 4.39 Å². The predicted molar refractivity (Wildman–Crippen MR) is 57.0 cm³/mol. The first-order valence-corrected chi connectivity index (χ1v) is 4.66. The molecule has 13 heavy (non-hydrogen) atoms. The summed E-state index contributed by atoms with van der Waals surface area (Å²) in [6, 6.07) is 7.45. The van der Waals surface area contributed by atoms with Gasteiger partial charge in [-0.1, -0.05) is 34.1 Å². The summed E-state index contributed by atoms with van der Waals surface area (Å²) in [6.07, 6.45) is 0. The summed E-state index contributed by atoms with van der Waals surface area (Å²) in [5.41, 5.74) is -0.399. The minimum Gasteiger partial charge on any atom is -0.310 e. The van der Waals surface area contributed by atoms with Crippen molar-refractivity contribution in [3.05, 3.63) is 34.3 Å². The lowest BCUT2D eigenvalue weighted by Gasteiger charge is -2.35. The van der Waals surface area contributed by atoms with Crippen LogP contribution in [0.5, 0.6) is 0 Å². The molecule has 72 valence electrons. The summed E-state index contributed by atoms with van der Waals surface area (Å²) in [5.74, 6) is 0. The van der Waals surface area contributed by atoms with E-state index in [4.69, 9.17) is 0 Å². The van der Waals surface area contributed by atoms with Crippen molar-refractivity contribution in [2.45, 2.75) is 5.67 Å². The van der Waals surface area contributed by atoms with Gasteiger partial charge in [0, 0.05) is 23.1 Å². The fourth-order valence-corrected chi connectivity index (χ4v) is 2.00. The predicted octanol–water partition coefficient (Wildman–Crippen LogP) is 2.64. The van der Waals surface area contributed by atoms with E-state index in [1.54, 1.807) is 0 Å². The lowest BCUT2D eigenvalue weighted by atomic mass is 9.90. The van der Waals surface area contributed by atoms with E-state index >= 15 is 0 Å². The molecule has 0 saturated carbocycles. The first-order valence-electron chi connectivity index (χ1n) is 3.87. The Labute approximate surface area is 91.3 Å². The van der Waals surface area contributed by atoms with Gasteiger partial charge in [0.15, 0.2) is 5.67 Å². The quantitative estimate of drug-likeness (QED) is 0.824. The summed E-state index contributed by atoms with van der Waals surface area (Å²) in [6.45, 7) is 0.852. The fraction of sp³-hybridized carbons (Fsp3) is 0.333. The molecule has 0 radical (unpaired) electrons. The molecule has 1 aromatic rings. The highest BCUT2D eigenvalue weighted by atomic mass is 79.9. The number of nitrogens with one attached hydrogen (secondary N) is 1. The van der Waals surface area contributed by atoms with E-state index in [0.29, 0.717) is 13.1 Å². The molecule has 1 saturated heterocycles. The minimum absolute atomic E-state index is 0. The first-order chi connectivity index (χ1) is 5.72. The monoisotopic (exact) mass is 265 g/mol. The van der Waals surface area contributed by atoms with E-state index in [1.165, 1.54) is 0 Å². The molecule has 0 amide bonds. The van der Waals surface area contributed by atoms with Gasteiger partial charge in [0.1, 0.15) is 0 Å². The summed E-state index contributed by atoms with van der Waals surface area (Å²) >= 11 is 3.34. The molecule has 0 bridgehead atoms. The number of hydrogen-bond donors (Lipinski definition) is 1. The molecular weight excluding hydrogens is 256 g/mol. The van der Waals surface area contributed by atoms with Crippen LogP contribution in [-0.4, -0.2) is 13.1 Å². The zero-order chi connectivity index (χ0) is 8.60. The third kappa shape index (κ3) is 1.87. The Kier molecular flexibility index (Phi) is 3.33. The molecule has 0 aliphatic carbocycles. The maximum Gasteiger partial charge on any atom is 0.161 e. The summed E-state index contributed by atoms with van der Waals surface area (Å²) < 4.78 is 14.7. The van der Waals surface area contributed by atoms with Gasteiger partial charge in [0.2, 0.25) is 0 Å². The molecule has 2 rings (SSSR count). The van der Waals surface area contributed by atoms with Gasteiger partial charge in [0.25, 0.3) is 0 Å². The van der Waals surface area contributed by atoms with Gasteiger partial charge in [-0.05, 0) is 6.07 Å². The van der Waals surface area contributed by atoms with Crippen LogP contribution in [0.15, 0.2) is 28.7 Å². The van der Waals surface area contributed by atoms with Crippen molar-refractivity contribution in [3.63, 3.8) is 0 Å². The number of hydrogen-bond acceptors (Lipinski definition) is 1. The lowest BCUT2D eigenvalue weighted by molar-refractivity contribution is 0.0883. The van der Waals surface area contributed by atoms with E-state index in [0.717, 1.165) is 10.0 Å². The van der Waals surface area contributed by atoms with Gasteiger partial charge in [-0.2, -0.15) is 0 Å². The molecule has 0 spiro atoms. The normalized spacial score (nSPS) is 18.6. The number of halogens is 3. The SMILES string of the molecule is Cl.FC1(c2ccccc2Br)CNC1. The summed E-state index contributed by atoms with van der Waals surface area (Å²) in [7, 11) is 0. The maximum absolute atomic E-state index is 13.8. The van der Waals surface area contributed by atoms with E-state index in [1.807, 2.05) is 24.3 Å². The van der Waals surface area contributed by atoms with Crippen molar-refractivity contribution in [1.82, 2.24) is 5.32 Å². The van der Waals surface area contributed by atoms with Crippen molar-refractivity contribution in [2.24, 2.45) is 0 Å². The van der Waals surface area contributed by atoms with Crippen LogP contribution in [0.2, 0.25) is 0 Å². The van der Waals surface area contributed by atoms with Gasteiger partial charge < -0.3 is 5.32 Å². The average Bonchev–Trinajstić information content (AvgIpc) is 2.01. The molecule has 1 nitrogen and oxygen atoms in total. The maximum atomic E-state index is 13.8. The molecule has 1 aliphatic rings. The Bertz CT molecular complexity index is 301. The van der Waals surface area contributed by atoms with Crippen molar-refractivity contribution < 1.29 is 4.39 Å². The molecule has 1 N–H and O–H groups in total. The van der Waals surface area contributed by atoms with Crippen molar-refractivity contribution in [1.29, 1.82) is 0 Å². The van der Waals surface area contributed by atoms with Crippen molar-refractivity contribution in [2.75, 3.05) is 13.1 Å². The Morgan fingerprint density at radius 1 is 1.31 bits per heavy atom. The van der Waals surface area contributed by atoms with Crippen LogP contribution in [-0.2, 0) is 5.67 Å². The van der Waals surface area contributed by atoms with Crippen LogP contribution in [0.25, 0.3) is 0 Å². The molecule has 1 heterocycles. The highest BCUT2D eigenvalue weighted by Crippen LogP contribution is 2.34. The van der Waals surface area contributed by atoms with Crippen LogP contribution >= 0.6 is 28.3 Å². The van der Waals surface area contributed by atoms with Gasteiger partial charge in [-0.25, -0.2) is 4.39 Å². The third-order valence-electron chi connectivity index (χ3n) is 2.17. The van der Waals surface area contributed by atoms with Crippen LogP contribution in [0.4, 0.5) is 4.39 Å². The Morgan fingerprint density at radius 2 is 1.92 bits per heavy atom. The smallest absolute Gasteiger partial charge is 0.161 e. The van der Waals surface area contributed by atoms with Crippen LogP contribution < -0.4 is 5.32 Å². The van der Waals surface area contributed by atoms with Gasteiger partial charge in [-0.3, -0.25) is 0 Å². The molecule has 1 aliphatic heterocycles. The second-order valence-electron chi connectivity index (χ2n) is 3.05. The highest BCUT2D eigenvalue weighted by molar-refractivity contribution is 9.10. The van der Waals surface area contributed by atoms with Crippen molar-refractivity contribution >= 4 is 28.3 Å². The largest absolute Gasteiger partial charge is 0.310 e. The Hall–Kier alpha value is -0.120. The fourth-order valence-electron chi connectivity index (χ4n) is 1.36. The summed E-state index contributed by atoms with van der Waals surface area (Å²) in [4.78, 5) is 0. The minimum atomic E-state index is -1.15. The summed E-state index contributed by atoms with van der Waals surface area (Å²) in [5, 5.41) is 2.93. The van der Waals surface area contributed by atoms with E-state index < -0.39 is 5.67 Å². The standard InChI is InChI=1S/C9H9BrFN.ClH/c10-8-4-2-1-3-7(8)9(11)5-12-6-9;/h1-4,12H,5-6H2;1H. The Morgan fingerprint density at radius 3 is 2.38 bits per heavy atom. The van der Waals surface area contributed by atoms with E-state index in [-0.39, 0.29) is 12.4 Å². The lowest BCUT2D eigenvalue weighted by Crippen LogP contribution is -2.53. The van der Waals surface area contributed by atoms with E-state index in [2.05, 4.69) is 21.2 Å². The number of benzene rings is 1. The molecule has 4 heteroatoms. The second kappa shape index (κ2) is 3.95. The van der Waals surface area contributed by atoms with Gasteiger partial charge in [-0.15, -0.1) is 12.4 Å². The zero-order valence-electron chi connectivity index (χ0n) is 6.89. The zero-order valence-corrected chi connectivity index (χ0v) is 9.29. The topological polar surface area (TPSA) is 12.0 Å². The second-order valence-corrected chi connectivity index (χ2v) is 3.90. The third-order valence-corrected chi connectivity index (χ3v) is 2.86. The molecule has 1 fully saturated rings. The van der Waals surface area contributed by atoms with Gasteiger partial charge >= 0.3 is 0 Å². The number of rotatable bonds is 1. The Balaban J connectivity index is 0.000000845. The molecule has 0 aromatic heterocycles. The van der Waals surface area contributed by atoms with Gasteiger partial charge in [0.05, 0.1) is 0 Å².